The van der Waals surface area contributed by atoms with E-state index < -0.39 is 11.0 Å². The van der Waals surface area contributed by atoms with Gasteiger partial charge in [0.2, 0.25) is 5.91 Å². The Kier molecular flexibility index (Phi) is 6.94. The minimum atomic E-state index is -0.908. The van der Waals surface area contributed by atoms with Crippen molar-refractivity contribution in [3.8, 4) is 0 Å². The Bertz CT molecular complexity index is 583. The van der Waals surface area contributed by atoms with Crippen LogP contribution in [0.5, 0.6) is 0 Å². The molecule has 1 aliphatic carbocycles. The number of halogens is 3. The third-order valence-corrected chi connectivity index (χ3v) is 5.53. The van der Waals surface area contributed by atoms with Gasteiger partial charge in [-0.1, -0.05) is 47.4 Å². The lowest BCUT2D eigenvalue weighted by Crippen LogP contribution is -2.75. The predicted molar refractivity (Wildman–Crippen MR) is 99.0 cm³/mol. The zero-order chi connectivity index (χ0) is 16.5. The third kappa shape index (κ3) is 3.85. The summed E-state index contributed by atoms with van der Waals surface area (Å²) in [6, 6.07) is 5.58. The van der Waals surface area contributed by atoms with E-state index in [0.29, 0.717) is 24.6 Å². The van der Waals surface area contributed by atoms with Crippen LogP contribution in [0.25, 0.3) is 0 Å². The smallest absolute Gasteiger partial charge is 0.241 e. The van der Waals surface area contributed by atoms with Gasteiger partial charge in [-0.15, -0.1) is 12.4 Å². The molecule has 130 valence electrons. The van der Waals surface area contributed by atoms with Crippen molar-refractivity contribution in [3.05, 3.63) is 33.3 Å². The maximum Gasteiger partial charge on any atom is 0.241 e. The molecule has 1 aromatic rings. The predicted octanol–water partition coefficient (Wildman–Crippen LogP) is 3.67. The van der Waals surface area contributed by atoms with Gasteiger partial charge in [0.25, 0.3) is 0 Å². The number of nitrogens with two attached hydrogens (primary N) is 1. The molecule has 1 saturated carbocycles. The quantitative estimate of drug-likeness (QED) is 0.756. The fourth-order valence-corrected chi connectivity index (χ4v) is 3.56. The summed E-state index contributed by atoms with van der Waals surface area (Å²) in [5.74, 6) is -0.160. The van der Waals surface area contributed by atoms with E-state index in [1.165, 1.54) is 0 Å². The Hall–Kier alpha value is -0.330. The molecule has 1 aromatic carbocycles. The molecule has 1 aliphatic rings. The number of rotatable bonds is 5. The van der Waals surface area contributed by atoms with Crippen LogP contribution in [-0.2, 0) is 16.1 Å². The maximum atomic E-state index is 12.5. The van der Waals surface area contributed by atoms with E-state index in [1.807, 2.05) is 32.9 Å². The van der Waals surface area contributed by atoms with E-state index >= 15 is 0 Å². The van der Waals surface area contributed by atoms with Crippen LogP contribution in [0.3, 0.4) is 0 Å². The van der Waals surface area contributed by atoms with Crippen LogP contribution in [0.1, 0.15) is 32.8 Å². The summed E-state index contributed by atoms with van der Waals surface area (Å²) in [5, 5.41) is 3.51. The number of carbonyl (C=O) groups is 1. The van der Waals surface area contributed by atoms with Gasteiger partial charge in [0.15, 0.2) is 0 Å². The van der Waals surface area contributed by atoms with Gasteiger partial charge in [0, 0.05) is 34.5 Å². The second-order valence-corrected chi connectivity index (χ2v) is 7.58. The number of amides is 1. The van der Waals surface area contributed by atoms with E-state index in [0.717, 1.165) is 10.0 Å². The number of hydrogen-bond donors (Lipinski definition) is 2. The van der Waals surface area contributed by atoms with E-state index in [9.17, 15) is 4.79 Å². The Labute approximate surface area is 157 Å². The molecule has 23 heavy (non-hydrogen) atoms. The van der Waals surface area contributed by atoms with E-state index in [4.69, 9.17) is 22.1 Å². The van der Waals surface area contributed by atoms with E-state index in [-0.39, 0.29) is 24.4 Å². The van der Waals surface area contributed by atoms with Crippen molar-refractivity contribution in [1.82, 2.24) is 5.32 Å². The number of hydrogen-bond acceptors (Lipinski definition) is 3. The van der Waals surface area contributed by atoms with Crippen LogP contribution in [-0.4, -0.2) is 24.2 Å². The first-order valence-corrected chi connectivity index (χ1v) is 8.52. The van der Waals surface area contributed by atoms with Crippen molar-refractivity contribution in [2.24, 2.45) is 11.1 Å². The molecule has 0 saturated heterocycles. The fourth-order valence-electron chi connectivity index (χ4n) is 2.82. The second-order valence-electron chi connectivity index (χ2n) is 6.26. The normalized spacial score (nSPS) is 25.2. The van der Waals surface area contributed by atoms with Crippen LogP contribution in [0, 0.1) is 5.41 Å². The van der Waals surface area contributed by atoms with Gasteiger partial charge >= 0.3 is 0 Å². The van der Waals surface area contributed by atoms with Gasteiger partial charge in [-0.2, -0.15) is 0 Å². The molecule has 7 heteroatoms. The van der Waals surface area contributed by atoms with E-state index in [1.54, 1.807) is 6.07 Å². The van der Waals surface area contributed by atoms with Crippen LogP contribution >= 0.6 is 39.9 Å². The zero-order valence-corrected chi connectivity index (χ0v) is 16.6. The first-order chi connectivity index (χ1) is 10.2. The molecule has 0 heterocycles. The van der Waals surface area contributed by atoms with Gasteiger partial charge in [-0.3, -0.25) is 4.79 Å². The van der Waals surface area contributed by atoms with Gasteiger partial charge < -0.3 is 15.8 Å². The zero-order valence-electron chi connectivity index (χ0n) is 13.5. The number of carbonyl (C=O) groups excluding carboxylic acids is 1. The summed E-state index contributed by atoms with van der Waals surface area (Å²) >= 11 is 9.52. The Morgan fingerprint density at radius 2 is 2.17 bits per heavy atom. The van der Waals surface area contributed by atoms with Crippen molar-refractivity contribution in [3.63, 3.8) is 0 Å². The lowest BCUT2D eigenvalue weighted by Gasteiger charge is -2.57. The topological polar surface area (TPSA) is 64.3 Å². The molecule has 1 fully saturated rings. The Balaban J connectivity index is 0.00000264. The van der Waals surface area contributed by atoms with Crippen LogP contribution in [0.15, 0.2) is 22.7 Å². The van der Waals surface area contributed by atoms with Gasteiger partial charge in [-0.05, 0) is 24.6 Å². The first-order valence-electron chi connectivity index (χ1n) is 7.35. The van der Waals surface area contributed by atoms with Gasteiger partial charge in [0.1, 0.15) is 5.54 Å². The highest BCUT2D eigenvalue weighted by Gasteiger charge is 2.62. The highest BCUT2D eigenvalue weighted by molar-refractivity contribution is 9.10. The molecule has 0 radical (unpaired) electrons. The van der Waals surface area contributed by atoms with Crippen molar-refractivity contribution in [2.45, 2.75) is 45.4 Å². The van der Waals surface area contributed by atoms with Crippen molar-refractivity contribution in [2.75, 3.05) is 6.61 Å². The van der Waals surface area contributed by atoms with Crippen LogP contribution < -0.4 is 11.1 Å². The molecular formula is C16H23BrCl2N2O2. The lowest BCUT2D eigenvalue weighted by atomic mass is 9.54. The SMILES string of the molecule is CCOC1CC(N)(C(=O)NCc2ccc(Br)cc2Cl)C1(C)C.Cl. The summed E-state index contributed by atoms with van der Waals surface area (Å²) in [6.45, 7) is 6.88. The Morgan fingerprint density at radius 3 is 2.70 bits per heavy atom. The van der Waals surface area contributed by atoms with Gasteiger partial charge in [-0.25, -0.2) is 0 Å². The second kappa shape index (κ2) is 7.70. The average Bonchev–Trinajstić information content (AvgIpc) is 2.45. The van der Waals surface area contributed by atoms with Gasteiger partial charge in [0.05, 0.1) is 6.10 Å². The Morgan fingerprint density at radius 1 is 1.52 bits per heavy atom. The first kappa shape index (κ1) is 20.7. The standard InChI is InChI=1S/C16H22BrClN2O2.ClH/c1-4-22-13-8-16(19,15(13,2)3)14(21)20-9-10-5-6-11(17)7-12(10)18;/h5-7,13H,4,8-9,19H2,1-3H3,(H,20,21);1H. The molecule has 2 unspecified atom stereocenters. The highest BCUT2D eigenvalue weighted by atomic mass is 79.9. The summed E-state index contributed by atoms with van der Waals surface area (Å²) < 4.78 is 6.55. The van der Waals surface area contributed by atoms with Crippen molar-refractivity contribution >= 4 is 45.8 Å². The molecule has 0 aromatic heterocycles. The monoisotopic (exact) mass is 424 g/mol. The molecule has 0 bridgehead atoms. The minimum absolute atomic E-state index is 0. The van der Waals surface area contributed by atoms with Crippen molar-refractivity contribution < 1.29 is 9.53 Å². The molecule has 2 atom stereocenters. The minimum Gasteiger partial charge on any atom is -0.378 e. The molecule has 0 aliphatic heterocycles. The molecule has 2 rings (SSSR count). The highest BCUT2D eigenvalue weighted by Crippen LogP contribution is 2.49. The summed E-state index contributed by atoms with van der Waals surface area (Å²) in [7, 11) is 0. The van der Waals surface area contributed by atoms with Crippen LogP contribution in [0.2, 0.25) is 5.02 Å². The number of ether oxygens (including phenoxy) is 1. The van der Waals surface area contributed by atoms with Crippen molar-refractivity contribution in [1.29, 1.82) is 0 Å². The molecule has 3 N–H and O–H groups in total. The molecule has 4 nitrogen and oxygen atoms in total. The van der Waals surface area contributed by atoms with E-state index in [2.05, 4.69) is 21.2 Å². The fraction of sp³-hybridized carbons (Fsp3) is 0.562. The third-order valence-electron chi connectivity index (χ3n) is 4.69. The summed E-state index contributed by atoms with van der Waals surface area (Å²) in [5.41, 5.74) is 5.90. The largest absolute Gasteiger partial charge is 0.378 e. The molecular weight excluding hydrogens is 403 g/mol. The molecule has 1 amide bonds. The summed E-state index contributed by atoms with van der Waals surface area (Å²) in [6.07, 6.45) is 0.554. The lowest BCUT2D eigenvalue weighted by molar-refractivity contribution is -0.170. The number of nitrogens with one attached hydrogen (secondary N) is 1. The molecule has 0 spiro atoms. The number of benzene rings is 1. The summed E-state index contributed by atoms with van der Waals surface area (Å²) in [4.78, 5) is 12.5. The average molecular weight is 426 g/mol. The van der Waals surface area contributed by atoms with Crippen LogP contribution in [0.4, 0.5) is 0 Å². The maximum absolute atomic E-state index is 12.5.